The number of likely N-dealkylation sites (tertiary alicyclic amines) is 1. The van der Waals surface area contributed by atoms with Gasteiger partial charge in [-0.3, -0.25) is 29.5 Å². The first-order chi connectivity index (χ1) is 25.5. The standard InChI is InChI=1S/C41H35ClFN3O7/c1-53-34-20-23(4-17-33(34)48)36-29-15-16-30-35(39(51)45(37(30)49)19-18-22-2-13-28(47)14-3-22)31(29)21-32-38(50)46(44-27-11-9-26(43)10-12-27)40(52)41(32,36)24-5-7-25(42)8-6-24/h2-15,17,20,30-32,35-36,44,47-48H,16,18-19,21H2,1H3/t30-,31+,32-,35-,36-,41+/m0/s1. The molecular formula is C41H35ClFN3O7. The number of phenols is 2. The number of allylic oxidation sites excluding steroid dienone is 2. The largest absolute Gasteiger partial charge is 0.508 e. The predicted molar refractivity (Wildman–Crippen MR) is 192 cm³/mol. The number of carbonyl (C=O) groups excluding carboxylic acids is 4. The van der Waals surface area contributed by atoms with Crippen molar-refractivity contribution in [2.24, 2.45) is 23.7 Å². The predicted octanol–water partition coefficient (Wildman–Crippen LogP) is 6.13. The number of hydrogen-bond acceptors (Lipinski definition) is 8. The van der Waals surface area contributed by atoms with Crippen molar-refractivity contribution in [2.75, 3.05) is 19.1 Å². The van der Waals surface area contributed by atoms with Gasteiger partial charge in [0.05, 0.1) is 36.0 Å². The molecule has 2 saturated heterocycles. The molecule has 4 aromatic carbocycles. The van der Waals surface area contributed by atoms with E-state index in [-0.39, 0.29) is 48.4 Å². The highest BCUT2D eigenvalue weighted by atomic mass is 35.5. The zero-order valence-corrected chi connectivity index (χ0v) is 29.3. The van der Waals surface area contributed by atoms with Crippen LogP contribution in [0.25, 0.3) is 0 Å². The van der Waals surface area contributed by atoms with Gasteiger partial charge < -0.3 is 14.9 Å². The number of benzene rings is 4. The molecule has 2 heterocycles. The smallest absolute Gasteiger partial charge is 0.260 e. The molecule has 3 N–H and O–H groups in total. The summed E-state index contributed by atoms with van der Waals surface area (Å²) < 4.78 is 19.4. The summed E-state index contributed by atoms with van der Waals surface area (Å²) >= 11 is 6.36. The molecule has 10 nitrogen and oxygen atoms in total. The number of hydrogen-bond donors (Lipinski definition) is 3. The molecule has 1 saturated carbocycles. The van der Waals surface area contributed by atoms with Crippen LogP contribution in [0.4, 0.5) is 10.1 Å². The minimum atomic E-state index is -1.56. The van der Waals surface area contributed by atoms with Crippen molar-refractivity contribution in [3.8, 4) is 17.2 Å². The number of hydrazine groups is 1. The maximum atomic E-state index is 15.2. The van der Waals surface area contributed by atoms with Crippen LogP contribution in [0.15, 0.2) is 103 Å². The molecule has 0 aromatic heterocycles. The van der Waals surface area contributed by atoms with Crippen LogP contribution in [-0.4, -0.2) is 57.4 Å². The van der Waals surface area contributed by atoms with Crippen molar-refractivity contribution in [3.63, 3.8) is 0 Å². The van der Waals surface area contributed by atoms with Crippen LogP contribution in [0.1, 0.15) is 35.4 Å². The Kier molecular flexibility index (Phi) is 8.48. The second kappa shape index (κ2) is 13.1. The van der Waals surface area contributed by atoms with Crippen molar-refractivity contribution in [3.05, 3.63) is 130 Å². The van der Waals surface area contributed by atoms with E-state index in [1.807, 2.05) is 6.08 Å². The number of rotatable bonds is 8. The number of amides is 4. The number of nitrogens with zero attached hydrogens (tertiary/aromatic N) is 2. The Morgan fingerprint density at radius 1 is 0.887 bits per heavy atom. The number of carbonyl (C=O) groups is 4. The molecular weight excluding hydrogens is 701 g/mol. The highest BCUT2D eigenvalue weighted by molar-refractivity contribution is 6.30. The minimum absolute atomic E-state index is 0.0956. The molecule has 3 fully saturated rings. The molecule has 4 aliphatic rings. The van der Waals surface area contributed by atoms with Crippen LogP contribution in [-0.2, 0) is 31.0 Å². The molecule has 0 spiro atoms. The molecule has 4 aromatic rings. The third-order valence-corrected chi connectivity index (χ3v) is 11.7. The van der Waals surface area contributed by atoms with Gasteiger partial charge in [-0.1, -0.05) is 53.6 Å². The fourth-order valence-corrected chi connectivity index (χ4v) is 9.22. The summed E-state index contributed by atoms with van der Waals surface area (Å²) in [6.45, 7) is 0.154. The Morgan fingerprint density at radius 2 is 1.60 bits per heavy atom. The monoisotopic (exact) mass is 735 g/mol. The highest BCUT2D eigenvalue weighted by Gasteiger charge is 2.70. The molecule has 0 unspecified atom stereocenters. The van der Waals surface area contributed by atoms with E-state index < -0.39 is 52.6 Å². The van der Waals surface area contributed by atoms with Crippen LogP contribution in [0, 0.1) is 29.5 Å². The van der Waals surface area contributed by atoms with Gasteiger partial charge in [-0.05, 0) is 103 Å². The van der Waals surface area contributed by atoms with Crippen LogP contribution in [0.3, 0.4) is 0 Å². The number of nitrogens with one attached hydrogen (secondary N) is 1. The van der Waals surface area contributed by atoms with Crippen LogP contribution in [0.5, 0.6) is 17.2 Å². The van der Waals surface area contributed by atoms with E-state index in [0.717, 1.165) is 16.1 Å². The normalized spacial score (nSPS) is 26.2. The molecule has 270 valence electrons. The van der Waals surface area contributed by atoms with E-state index in [2.05, 4.69) is 5.43 Å². The lowest BCUT2D eigenvalue weighted by Gasteiger charge is -2.50. The molecule has 4 amide bonds. The third kappa shape index (κ3) is 5.44. The number of fused-ring (bicyclic) bond motifs is 4. The summed E-state index contributed by atoms with van der Waals surface area (Å²) in [7, 11) is 1.42. The molecule has 0 radical (unpaired) electrons. The van der Waals surface area contributed by atoms with E-state index in [0.29, 0.717) is 28.3 Å². The van der Waals surface area contributed by atoms with Crippen LogP contribution >= 0.6 is 11.6 Å². The first kappa shape index (κ1) is 34.4. The van der Waals surface area contributed by atoms with Gasteiger partial charge in [-0.2, -0.15) is 5.01 Å². The second-order valence-electron chi connectivity index (χ2n) is 14.0. The van der Waals surface area contributed by atoms with E-state index in [4.69, 9.17) is 16.3 Å². The van der Waals surface area contributed by atoms with E-state index in [9.17, 15) is 29.0 Å². The van der Waals surface area contributed by atoms with Gasteiger partial charge >= 0.3 is 0 Å². The van der Waals surface area contributed by atoms with Gasteiger partial charge in [0, 0.05) is 17.5 Å². The molecule has 0 bridgehead atoms. The van der Waals surface area contributed by atoms with E-state index >= 15 is 4.79 Å². The number of aromatic hydroxyl groups is 2. The summed E-state index contributed by atoms with van der Waals surface area (Å²) in [5.41, 5.74) is 4.39. The summed E-state index contributed by atoms with van der Waals surface area (Å²) in [5, 5.41) is 21.7. The van der Waals surface area contributed by atoms with Gasteiger partial charge in [0.2, 0.25) is 11.8 Å². The zero-order valence-electron chi connectivity index (χ0n) is 28.5. The molecule has 8 rings (SSSR count). The Bertz CT molecular complexity index is 2180. The lowest BCUT2D eigenvalue weighted by molar-refractivity contribution is -0.141. The summed E-state index contributed by atoms with van der Waals surface area (Å²) in [6, 6.07) is 23.5. The number of phenolic OH excluding ortho intramolecular Hbond substituents is 2. The number of anilines is 1. The van der Waals surface area contributed by atoms with Crippen LogP contribution < -0.4 is 10.2 Å². The lowest BCUT2D eigenvalue weighted by atomic mass is 9.49. The summed E-state index contributed by atoms with van der Waals surface area (Å²) in [6.07, 6.45) is 2.70. The first-order valence-electron chi connectivity index (χ1n) is 17.4. The average Bonchev–Trinajstić information content (AvgIpc) is 3.53. The fourth-order valence-electron chi connectivity index (χ4n) is 9.09. The van der Waals surface area contributed by atoms with Crippen molar-refractivity contribution in [2.45, 2.75) is 30.6 Å². The van der Waals surface area contributed by atoms with E-state index in [1.54, 1.807) is 60.7 Å². The van der Waals surface area contributed by atoms with Crippen molar-refractivity contribution in [1.82, 2.24) is 9.91 Å². The molecule has 2 aliphatic carbocycles. The van der Waals surface area contributed by atoms with Crippen molar-refractivity contribution < 1.29 is 38.5 Å². The topological polar surface area (TPSA) is 136 Å². The number of methoxy groups -OCH3 is 1. The number of halogens is 2. The average molecular weight is 736 g/mol. The Hall–Kier alpha value is -5.68. The molecule has 6 atom stereocenters. The van der Waals surface area contributed by atoms with Gasteiger partial charge in [-0.15, -0.1) is 0 Å². The zero-order chi connectivity index (χ0) is 37.2. The number of imide groups is 2. The number of ether oxygens (including phenoxy) is 1. The SMILES string of the molecule is COc1cc([C@H]2C3=CC[C@@H]4C(=O)N(CCc5ccc(O)cc5)C(=O)[C@@H]4[C@@H]3C[C@H]3C(=O)N(Nc4ccc(F)cc4)C(=O)[C@@]23c2ccc(Cl)cc2)ccc1O. The first-order valence-corrected chi connectivity index (χ1v) is 17.8. The van der Waals surface area contributed by atoms with Gasteiger partial charge in [-0.25, -0.2) is 4.39 Å². The van der Waals surface area contributed by atoms with Crippen LogP contribution in [0.2, 0.25) is 5.02 Å². The van der Waals surface area contributed by atoms with Gasteiger partial charge in [0.1, 0.15) is 11.6 Å². The molecule has 12 heteroatoms. The maximum absolute atomic E-state index is 15.2. The quantitative estimate of drug-likeness (QED) is 0.145. The maximum Gasteiger partial charge on any atom is 0.260 e. The summed E-state index contributed by atoms with van der Waals surface area (Å²) in [4.78, 5) is 59.6. The van der Waals surface area contributed by atoms with Crippen molar-refractivity contribution >= 4 is 40.9 Å². The molecule has 2 aliphatic heterocycles. The lowest BCUT2D eigenvalue weighted by Crippen LogP contribution is -2.53. The Labute approximate surface area is 309 Å². The minimum Gasteiger partial charge on any atom is -0.508 e. The van der Waals surface area contributed by atoms with Gasteiger partial charge in [0.15, 0.2) is 11.5 Å². The second-order valence-corrected chi connectivity index (χ2v) is 14.5. The Balaban J connectivity index is 1.27. The Morgan fingerprint density at radius 3 is 2.30 bits per heavy atom. The van der Waals surface area contributed by atoms with Gasteiger partial charge in [0.25, 0.3) is 11.8 Å². The highest BCUT2D eigenvalue weighted by Crippen LogP contribution is 2.64. The molecule has 53 heavy (non-hydrogen) atoms. The van der Waals surface area contributed by atoms with E-state index in [1.165, 1.54) is 42.3 Å². The summed E-state index contributed by atoms with van der Waals surface area (Å²) in [5.74, 6) is -5.86. The fraction of sp³-hybridized carbons (Fsp3) is 0.268. The van der Waals surface area contributed by atoms with Crippen molar-refractivity contribution in [1.29, 1.82) is 0 Å². The third-order valence-electron chi connectivity index (χ3n) is 11.4.